The first kappa shape index (κ1) is 18.9. The molecule has 1 aliphatic heterocycles. The van der Waals surface area contributed by atoms with Crippen LogP contribution in [0.15, 0.2) is 60.9 Å². The lowest BCUT2D eigenvalue weighted by atomic mass is 9.82. The molecule has 0 radical (unpaired) electrons. The maximum absolute atomic E-state index is 12.5. The molecule has 4 rings (SSSR count). The fourth-order valence-electron chi connectivity index (χ4n) is 3.86. The summed E-state index contributed by atoms with van der Waals surface area (Å²) in [4.78, 5) is 24.4. The van der Waals surface area contributed by atoms with Crippen LogP contribution in [0.5, 0.6) is 0 Å². The van der Waals surface area contributed by atoms with Gasteiger partial charge >= 0.3 is 0 Å². The number of hydrogen-bond donors (Lipinski definition) is 2. The van der Waals surface area contributed by atoms with E-state index in [1.165, 1.54) is 0 Å². The summed E-state index contributed by atoms with van der Waals surface area (Å²) >= 11 is 0. The van der Waals surface area contributed by atoms with Crippen molar-refractivity contribution in [1.82, 2.24) is 9.78 Å². The van der Waals surface area contributed by atoms with Crippen LogP contribution in [0.25, 0.3) is 0 Å². The maximum atomic E-state index is 12.5. The molecule has 0 spiro atoms. The SMILES string of the molecule is CCCC(=O)Nc1ccc2c(c1)NC(=O)CC2c1ccccc1Cn1cccn1. The lowest BCUT2D eigenvalue weighted by molar-refractivity contribution is -0.117. The molecule has 1 atom stereocenters. The molecule has 29 heavy (non-hydrogen) atoms. The Morgan fingerprint density at radius 2 is 2.07 bits per heavy atom. The number of carbonyl (C=O) groups excluding carboxylic acids is 2. The van der Waals surface area contributed by atoms with Gasteiger partial charge in [-0.25, -0.2) is 0 Å². The van der Waals surface area contributed by atoms with Crippen LogP contribution < -0.4 is 10.6 Å². The standard InChI is InChI=1S/C23H24N4O2/c1-2-6-22(28)25-17-9-10-19-20(14-23(29)26-21(19)13-17)18-8-4-3-7-16(18)15-27-12-5-11-24-27/h3-5,7-13,20H,2,6,14-15H2,1H3,(H,25,28)(H,26,29). The second-order valence-electron chi connectivity index (χ2n) is 7.31. The van der Waals surface area contributed by atoms with Gasteiger partial charge in [-0.1, -0.05) is 37.3 Å². The average Bonchev–Trinajstić information content (AvgIpc) is 3.21. The van der Waals surface area contributed by atoms with Crippen molar-refractivity contribution in [3.05, 3.63) is 77.6 Å². The van der Waals surface area contributed by atoms with Crippen molar-refractivity contribution in [3.63, 3.8) is 0 Å². The van der Waals surface area contributed by atoms with Gasteiger partial charge in [0.1, 0.15) is 0 Å². The number of fused-ring (bicyclic) bond motifs is 1. The normalized spacial score (nSPS) is 15.5. The first-order valence-corrected chi connectivity index (χ1v) is 9.93. The summed E-state index contributed by atoms with van der Waals surface area (Å²) < 4.78 is 1.88. The maximum Gasteiger partial charge on any atom is 0.225 e. The van der Waals surface area contributed by atoms with Crippen molar-refractivity contribution in [3.8, 4) is 0 Å². The smallest absolute Gasteiger partial charge is 0.225 e. The van der Waals surface area contributed by atoms with E-state index in [1.807, 2.05) is 54.2 Å². The monoisotopic (exact) mass is 388 g/mol. The molecule has 0 fully saturated rings. The van der Waals surface area contributed by atoms with Crippen LogP contribution in [0, 0.1) is 0 Å². The summed E-state index contributed by atoms with van der Waals surface area (Å²) in [5.74, 6) is -0.0740. The van der Waals surface area contributed by atoms with Crippen molar-refractivity contribution in [2.24, 2.45) is 0 Å². The summed E-state index contributed by atoms with van der Waals surface area (Å²) in [6.45, 7) is 2.62. The molecule has 2 aromatic carbocycles. The quantitative estimate of drug-likeness (QED) is 0.666. The van der Waals surface area contributed by atoms with E-state index in [0.717, 1.165) is 28.8 Å². The average molecular weight is 388 g/mol. The summed E-state index contributed by atoms with van der Waals surface area (Å²) in [5, 5.41) is 10.2. The molecule has 2 amide bonds. The number of carbonyl (C=O) groups is 2. The molecule has 1 aromatic heterocycles. The van der Waals surface area contributed by atoms with Crippen molar-refractivity contribution in [2.75, 3.05) is 10.6 Å². The van der Waals surface area contributed by atoms with Gasteiger partial charge in [0.2, 0.25) is 11.8 Å². The zero-order chi connectivity index (χ0) is 20.2. The molecule has 1 unspecified atom stereocenters. The minimum Gasteiger partial charge on any atom is -0.326 e. The highest BCUT2D eigenvalue weighted by Crippen LogP contribution is 2.39. The van der Waals surface area contributed by atoms with Crippen molar-refractivity contribution in [1.29, 1.82) is 0 Å². The first-order valence-electron chi connectivity index (χ1n) is 9.93. The Morgan fingerprint density at radius 3 is 2.86 bits per heavy atom. The molecule has 3 aromatic rings. The fraction of sp³-hybridized carbons (Fsp3) is 0.261. The van der Waals surface area contributed by atoms with Gasteiger partial charge in [0, 0.05) is 42.5 Å². The summed E-state index contributed by atoms with van der Waals surface area (Å²) in [5.41, 5.74) is 4.79. The molecule has 0 saturated heterocycles. The van der Waals surface area contributed by atoms with Gasteiger partial charge < -0.3 is 10.6 Å². The molecule has 1 aliphatic rings. The lowest BCUT2D eigenvalue weighted by Crippen LogP contribution is -2.24. The topological polar surface area (TPSA) is 76.0 Å². The van der Waals surface area contributed by atoms with Gasteiger partial charge in [0.15, 0.2) is 0 Å². The second kappa shape index (κ2) is 8.31. The number of nitrogens with zero attached hydrogens (tertiary/aromatic N) is 2. The van der Waals surface area contributed by atoms with E-state index in [-0.39, 0.29) is 17.7 Å². The summed E-state index contributed by atoms with van der Waals surface area (Å²) in [6, 6.07) is 15.9. The van der Waals surface area contributed by atoms with Crippen LogP contribution in [-0.2, 0) is 16.1 Å². The van der Waals surface area contributed by atoms with Crippen molar-refractivity contribution >= 4 is 23.2 Å². The second-order valence-corrected chi connectivity index (χ2v) is 7.31. The summed E-state index contributed by atoms with van der Waals surface area (Å²) in [7, 11) is 0. The predicted octanol–water partition coefficient (Wildman–Crippen LogP) is 4.14. The lowest BCUT2D eigenvalue weighted by Gasteiger charge is -2.28. The van der Waals surface area contributed by atoms with E-state index in [0.29, 0.717) is 25.1 Å². The first-order chi connectivity index (χ1) is 14.1. The molecule has 0 bridgehead atoms. The largest absolute Gasteiger partial charge is 0.326 e. The molecule has 6 nitrogen and oxygen atoms in total. The number of nitrogens with one attached hydrogen (secondary N) is 2. The third-order valence-corrected chi connectivity index (χ3v) is 5.18. The van der Waals surface area contributed by atoms with Crippen molar-refractivity contribution in [2.45, 2.75) is 38.6 Å². The summed E-state index contributed by atoms with van der Waals surface area (Å²) in [6.07, 6.45) is 5.37. The van der Waals surface area contributed by atoms with E-state index in [9.17, 15) is 9.59 Å². The van der Waals surface area contributed by atoms with Gasteiger partial charge in [-0.05, 0) is 41.3 Å². The molecule has 2 N–H and O–H groups in total. The van der Waals surface area contributed by atoms with Gasteiger partial charge in [0.25, 0.3) is 0 Å². The molecular formula is C23H24N4O2. The number of rotatable bonds is 6. The van der Waals surface area contributed by atoms with E-state index in [1.54, 1.807) is 6.20 Å². The Kier molecular flexibility index (Phi) is 5.42. The highest BCUT2D eigenvalue weighted by atomic mass is 16.2. The van der Waals surface area contributed by atoms with Crippen LogP contribution in [-0.4, -0.2) is 21.6 Å². The van der Waals surface area contributed by atoms with E-state index >= 15 is 0 Å². The highest BCUT2D eigenvalue weighted by molar-refractivity contribution is 5.97. The van der Waals surface area contributed by atoms with Crippen LogP contribution >= 0.6 is 0 Å². The van der Waals surface area contributed by atoms with E-state index in [4.69, 9.17) is 0 Å². The Bertz CT molecular complexity index is 1030. The molecular weight excluding hydrogens is 364 g/mol. The Labute approximate surface area is 169 Å². The number of anilines is 2. The van der Waals surface area contributed by atoms with Gasteiger partial charge in [0.05, 0.1) is 6.54 Å². The van der Waals surface area contributed by atoms with Crippen LogP contribution in [0.3, 0.4) is 0 Å². The Hall–Kier alpha value is -3.41. The fourth-order valence-corrected chi connectivity index (χ4v) is 3.86. The molecule has 2 heterocycles. The van der Waals surface area contributed by atoms with Crippen LogP contribution in [0.4, 0.5) is 11.4 Å². The molecule has 6 heteroatoms. The van der Waals surface area contributed by atoms with E-state index in [2.05, 4.69) is 27.9 Å². The van der Waals surface area contributed by atoms with Gasteiger partial charge in [-0.3, -0.25) is 14.3 Å². The highest BCUT2D eigenvalue weighted by Gasteiger charge is 2.28. The molecule has 148 valence electrons. The number of hydrogen-bond acceptors (Lipinski definition) is 3. The number of amides is 2. The minimum atomic E-state index is -0.0362. The number of aromatic nitrogens is 2. The Morgan fingerprint density at radius 1 is 1.21 bits per heavy atom. The number of benzene rings is 2. The Balaban J connectivity index is 1.67. The van der Waals surface area contributed by atoms with Crippen LogP contribution in [0.1, 0.15) is 48.8 Å². The zero-order valence-corrected chi connectivity index (χ0v) is 16.4. The zero-order valence-electron chi connectivity index (χ0n) is 16.4. The molecule has 0 aliphatic carbocycles. The van der Waals surface area contributed by atoms with Gasteiger partial charge in [-0.2, -0.15) is 5.10 Å². The predicted molar refractivity (Wildman–Crippen MR) is 113 cm³/mol. The van der Waals surface area contributed by atoms with Crippen molar-refractivity contribution < 1.29 is 9.59 Å². The third-order valence-electron chi connectivity index (χ3n) is 5.18. The van der Waals surface area contributed by atoms with E-state index < -0.39 is 0 Å². The minimum absolute atomic E-state index is 0.0179. The third kappa shape index (κ3) is 4.21. The van der Waals surface area contributed by atoms with Gasteiger partial charge in [-0.15, -0.1) is 0 Å². The van der Waals surface area contributed by atoms with Crippen LogP contribution in [0.2, 0.25) is 0 Å². The molecule has 0 saturated carbocycles.